The Morgan fingerprint density at radius 1 is 1.13 bits per heavy atom. The molecule has 0 spiro atoms. The zero-order valence-corrected chi connectivity index (χ0v) is 13.1. The van der Waals surface area contributed by atoms with Crippen molar-refractivity contribution in [2.24, 2.45) is 0 Å². The largest absolute Gasteiger partial charge is 0.307 e. The summed E-state index contributed by atoms with van der Waals surface area (Å²) in [6.45, 7) is 0. The quantitative estimate of drug-likeness (QED) is 0.774. The smallest absolute Gasteiger partial charge is 0.257 e. The third kappa shape index (κ3) is 2.55. The maximum atomic E-state index is 12.9. The molecule has 0 unspecified atom stereocenters. The Hall–Kier alpha value is -2.46. The second kappa shape index (κ2) is 5.63. The summed E-state index contributed by atoms with van der Waals surface area (Å²) in [6.07, 6.45) is 4.38. The van der Waals surface area contributed by atoms with E-state index >= 15 is 0 Å². The van der Waals surface area contributed by atoms with Gasteiger partial charge in [0.2, 0.25) is 0 Å². The number of aryl methyl sites for hydroxylation is 1. The average Bonchev–Trinajstić information content (AvgIpc) is 3.02. The van der Waals surface area contributed by atoms with Gasteiger partial charge in [-0.15, -0.1) is 0 Å². The van der Waals surface area contributed by atoms with Crippen molar-refractivity contribution in [3.8, 4) is 0 Å². The number of para-hydroxylation sites is 1. The van der Waals surface area contributed by atoms with E-state index in [1.54, 1.807) is 12.1 Å². The molecule has 4 nitrogen and oxygen atoms in total. The summed E-state index contributed by atoms with van der Waals surface area (Å²) in [5.41, 5.74) is 3.69. The second-order valence-electron chi connectivity index (χ2n) is 5.60. The van der Waals surface area contributed by atoms with Crippen LogP contribution in [0.1, 0.15) is 28.0 Å². The Balaban J connectivity index is 1.81. The molecule has 0 saturated heterocycles. The summed E-state index contributed by atoms with van der Waals surface area (Å²) in [7, 11) is 0. The summed E-state index contributed by atoms with van der Waals surface area (Å²) in [4.78, 5) is 21.7. The number of hydrogen-bond donors (Lipinski definition) is 1. The summed E-state index contributed by atoms with van der Waals surface area (Å²) in [5, 5.41) is 4.30. The zero-order valence-electron chi connectivity index (χ0n) is 12.3. The molecule has 1 aromatic carbocycles. The van der Waals surface area contributed by atoms with Crippen molar-refractivity contribution in [2.45, 2.75) is 19.3 Å². The highest BCUT2D eigenvalue weighted by Crippen LogP contribution is 2.30. The Morgan fingerprint density at radius 3 is 2.83 bits per heavy atom. The molecule has 1 aliphatic rings. The molecule has 0 radical (unpaired) electrons. The Morgan fingerprint density at radius 2 is 2.00 bits per heavy atom. The predicted molar refractivity (Wildman–Crippen MR) is 91.0 cm³/mol. The van der Waals surface area contributed by atoms with Crippen molar-refractivity contribution < 1.29 is 4.79 Å². The Bertz CT molecular complexity index is 906. The number of nitrogens with one attached hydrogen (secondary N) is 1. The number of amides is 1. The number of fused-ring (bicyclic) bond motifs is 2. The van der Waals surface area contributed by atoms with Crippen LogP contribution in [0.15, 0.2) is 42.6 Å². The van der Waals surface area contributed by atoms with E-state index < -0.39 is 0 Å². The number of halogens is 1. The second-order valence-corrected chi connectivity index (χ2v) is 6.03. The van der Waals surface area contributed by atoms with Crippen molar-refractivity contribution in [3.63, 3.8) is 0 Å². The van der Waals surface area contributed by atoms with Gasteiger partial charge in [-0.25, -0.2) is 4.98 Å². The molecular formula is C18H14ClN3O. The van der Waals surface area contributed by atoms with E-state index in [0.29, 0.717) is 10.8 Å². The molecule has 114 valence electrons. The molecule has 2 heterocycles. The molecule has 4 rings (SSSR count). The third-order valence-corrected chi connectivity index (χ3v) is 4.34. The fraction of sp³-hybridized carbons (Fsp3) is 0.167. The standard InChI is InChI=1S/C18H14ClN3O/c19-11-8-9-16(20-10-11)22-18(23)17-12-4-1-2-6-14(12)21-15-7-3-5-13(15)17/h1-2,4,6,8-10H,3,5,7H2,(H,20,22,23). The van der Waals surface area contributed by atoms with Crippen molar-refractivity contribution in [1.29, 1.82) is 0 Å². The lowest BCUT2D eigenvalue weighted by Crippen LogP contribution is -2.16. The number of nitrogens with zero attached hydrogens (tertiary/aromatic N) is 2. The normalized spacial score (nSPS) is 13.1. The first-order chi connectivity index (χ1) is 11.2. The van der Waals surface area contributed by atoms with Crippen LogP contribution < -0.4 is 5.32 Å². The molecule has 0 aliphatic heterocycles. The van der Waals surface area contributed by atoms with Crippen molar-refractivity contribution >= 4 is 34.2 Å². The maximum Gasteiger partial charge on any atom is 0.257 e. The van der Waals surface area contributed by atoms with Gasteiger partial charge in [-0.05, 0) is 43.0 Å². The molecule has 1 amide bonds. The van der Waals surface area contributed by atoms with E-state index in [9.17, 15) is 4.79 Å². The van der Waals surface area contributed by atoms with E-state index in [4.69, 9.17) is 16.6 Å². The number of benzene rings is 1. The van der Waals surface area contributed by atoms with Gasteiger partial charge >= 0.3 is 0 Å². The fourth-order valence-corrected chi connectivity index (χ4v) is 3.21. The van der Waals surface area contributed by atoms with Gasteiger partial charge in [0.15, 0.2) is 0 Å². The minimum Gasteiger partial charge on any atom is -0.307 e. The third-order valence-electron chi connectivity index (χ3n) is 4.12. The molecule has 2 aromatic heterocycles. The number of pyridine rings is 2. The monoisotopic (exact) mass is 323 g/mol. The molecular weight excluding hydrogens is 310 g/mol. The molecule has 1 aliphatic carbocycles. The number of hydrogen-bond acceptors (Lipinski definition) is 3. The van der Waals surface area contributed by atoms with E-state index in [2.05, 4.69) is 10.3 Å². The number of aromatic nitrogens is 2. The van der Waals surface area contributed by atoms with Crippen LogP contribution in [-0.2, 0) is 12.8 Å². The van der Waals surface area contributed by atoms with Crippen molar-refractivity contribution in [1.82, 2.24) is 9.97 Å². The molecule has 1 N–H and O–H groups in total. The van der Waals surface area contributed by atoms with Crippen LogP contribution in [0.2, 0.25) is 5.02 Å². The molecule has 5 heteroatoms. The topological polar surface area (TPSA) is 54.9 Å². The van der Waals surface area contributed by atoms with Crippen LogP contribution >= 0.6 is 11.6 Å². The van der Waals surface area contributed by atoms with Crippen LogP contribution in [0.4, 0.5) is 5.82 Å². The van der Waals surface area contributed by atoms with E-state index in [-0.39, 0.29) is 5.91 Å². The summed E-state index contributed by atoms with van der Waals surface area (Å²) in [6, 6.07) is 11.2. The SMILES string of the molecule is O=C(Nc1ccc(Cl)cn1)c1c2c(nc3ccccc13)CCC2. The van der Waals surface area contributed by atoms with Gasteiger partial charge < -0.3 is 5.32 Å². The van der Waals surface area contributed by atoms with Gasteiger partial charge in [0.25, 0.3) is 5.91 Å². The fourth-order valence-electron chi connectivity index (χ4n) is 3.10. The Kier molecular flexibility index (Phi) is 3.46. The molecule has 23 heavy (non-hydrogen) atoms. The summed E-state index contributed by atoms with van der Waals surface area (Å²) in [5.74, 6) is 0.351. The van der Waals surface area contributed by atoms with Gasteiger partial charge in [-0.2, -0.15) is 0 Å². The molecule has 0 atom stereocenters. The summed E-state index contributed by atoms with van der Waals surface area (Å²) >= 11 is 5.84. The predicted octanol–water partition coefficient (Wildman–Crippen LogP) is 4.02. The van der Waals surface area contributed by atoms with Crippen LogP contribution in [0.5, 0.6) is 0 Å². The number of anilines is 1. The highest BCUT2D eigenvalue weighted by molar-refractivity contribution is 6.30. The lowest BCUT2D eigenvalue weighted by Gasteiger charge is -2.12. The maximum absolute atomic E-state index is 12.9. The zero-order chi connectivity index (χ0) is 15.8. The molecule has 0 saturated carbocycles. The highest BCUT2D eigenvalue weighted by Gasteiger charge is 2.23. The van der Waals surface area contributed by atoms with E-state index in [0.717, 1.165) is 47.0 Å². The van der Waals surface area contributed by atoms with Crippen LogP contribution in [0, 0.1) is 0 Å². The minimum atomic E-state index is -0.142. The first kappa shape index (κ1) is 14.2. The van der Waals surface area contributed by atoms with Gasteiger partial charge in [0.1, 0.15) is 5.82 Å². The van der Waals surface area contributed by atoms with E-state index in [1.807, 2.05) is 24.3 Å². The molecule has 3 aromatic rings. The average molecular weight is 324 g/mol. The minimum absolute atomic E-state index is 0.142. The van der Waals surface area contributed by atoms with Crippen molar-refractivity contribution in [3.05, 3.63) is 64.4 Å². The summed E-state index contributed by atoms with van der Waals surface area (Å²) < 4.78 is 0. The lowest BCUT2D eigenvalue weighted by molar-refractivity contribution is 0.102. The molecule has 0 fully saturated rings. The molecule has 0 bridgehead atoms. The van der Waals surface area contributed by atoms with Gasteiger partial charge in [0, 0.05) is 17.3 Å². The van der Waals surface area contributed by atoms with Crippen LogP contribution in [0.3, 0.4) is 0 Å². The van der Waals surface area contributed by atoms with Crippen LogP contribution in [0.25, 0.3) is 10.9 Å². The highest BCUT2D eigenvalue weighted by atomic mass is 35.5. The number of rotatable bonds is 2. The first-order valence-electron chi connectivity index (χ1n) is 7.56. The Labute approximate surface area is 138 Å². The van der Waals surface area contributed by atoms with Gasteiger partial charge in [-0.1, -0.05) is 29.8 Å². The lowest BCUT2D eigenvalue weighted by atomic mass is 10.0. The van der Waals surface area contributed by atoms with Gasteiger partial charge in [-0.3, -0.25) is 9.78 Å². The van der Waals surface area contributed by atoms with Crippen molar-refractivity contribution in [2.75, 3.05) is 5.32 Å². The number of carbonyl (C=O) groups excluding carboxylic acids is 1. The van der Waals surface area contributed by atoms with Gasteiger partial charge in [0.05, 0.1) is 16.1 Å². The number of carbonyl (C=O) groups is 1. The van der Waals surface area contributed by atoms with Crippen LogP contribution in [-0.4, -0.2) is 15.9 Å². The van der Waals surface area contributed by atoms with E-state index in [1.165, 1.54) is 6.20 Å². The first-order valence-corrected chi connectivity index (χ1v) is 7.93.